The van der Waals surface area contributed by atoms with Crippen LogP contribution in [0.3, 0.4) is 0 Å². The van der Waals surface area contributed by atoms with E-state index in [1.807, 2.05) is 0 Å². The molecule has 0 bridgehead atoms. The molecule has 0 spiro atoms. The van der Waals surface area contributed by atoms with Crippen LogP contribution in [0.5, 0.6) is 11.5 Å². The number of carbonyl (C=O) groups is 1. The van der Waals surface area contributed by atoms with Crippen molar-refractivity contribution in [2.45, 2.75) is 11.1 Å². The number of sulfonamides is 1. The van der Waals surface area contributed by atoms with Crippen LogP contribution in [0.25, 0.3) is 0 Å². The van der Waals surface area contributed by atoms with Crippen molar-refractivity contribution in [1.82, 2.24) is 0 Å². The number of fused-ring (bicyclic) bond motifs is 1. The van der Waals surface area contributed by atoms with Crippen molar-refractivity contribution in [3.8, 4) is 11.5 Å². The van der Waals surface area contributed by atoms with E-state index in [0.717, 1.165) is 0 Å². The molecule has 22 heavy (non-hydrogen) atoms. The third kappa shape index (κ3) is 2.60. The van der Waals surface area contributed by atoms with E-state index < -0.39 is 16.0 Å². The zero-order valence-corrected chi connectivity index (χ0v) is 13.0. The fourth-order valence-electron chi connectivity index (χ4n) is 1.96. The topological polar surface area (TPSA) is 102 Å². The van der Waals surface area contributed by atoms with Gasteiger partial charge in [-0.15, -0.1) is 11.3 Å². The van der Waals surface area contributed by atoms with E-state index in [2.05, 4.69) is 4.72 Å². The Hall–Kier alpha value is -2.26. The van der Waals surface area contributed by atoms with Crippen molar-refractivity contribution in [2.24, 2.45) is 0 Å². The fraction of sp³-hybridized carbons (Fsp3) is 0.154. The number of hydrogen-bond donors (Lipinski definition) is 2. The van der Waals surface area contributed by atoms with E-state index in [-0.39, 0.29) is 15.9 Å². The molecule has 1 aromatic carbocycles. The Morgan fingerprint density at radius 2 is 2.00 bits per heavy atom. The second-order valence-corrected chi connectivity index (χ2v) is 7.52. The molecule has 0 unspecified atom stereocenters. The van der Waals surface area contributed by atoms with Crippen LogP contribution in [0, 0.1) is 6.92 Å². The summed E-state index contributed by atoms with van der Waals surface area (Å²) in [5.41, 5.74) is 0.718. The average molecular weight is 341 g/mol. The molecule has 0 aliphatic carbocycles. The summed E-state index contributed by atoms with van der Waals surface area (Å²) in [6, 6.07) is 5.99. The lowest BCUT2D eigenvalue weighted by molar-refractivity contribution is 0.0701. The highest BCUT2D eigenvalue weighted by Crippen LogP contribution is 2.35. The van der Waals surface area contributed by atoms with Crippen LogP contribution < -0.4 is 14.2 Å². The summed E-state index contributed by atoms with van der Waals surface area (Å²) >= 11 is 0.713. The van der Waals surface area contributed by atoms with E-state index in [1.54, 1.807) is 19.1 Å². The Kier molecular flexibility index (Phi) is 3.45. The van der Waals surface area contributed by atoms with Crippen LogP contribution in [-0.2, 0) is 10.0 Å². The summed E-state index contributed by atoms with van der Waals surface area (Å²) in [6.07, 6.45) is 0. The van der Waals surface area contributed by atoms with E-state index in [9.17, 15) is 13.2 Å². The van der Waals surface area contributed by atoms with Crippen LogP contribution in [0.4, 0.5) is 5.69 Å². The van der Waals surface area contributed by atoms with Gasteiger partial charge in [0, 0.05) is 6.07 Å². The number of rotatable bonds is 4. The molecule has 0 saturated carbocycles. The van der Waals surface area contributed by atoms with Crippen LogP contribution in [0.1, 0.15) is 15.2 Å². The molecule has 7 nitrogen and oxygen atoms in total. The number of hydrogen-bond acceptors (Lipinski definition) is 6. The van der Waals surface area contributed by atoms with E-state index in [4.69, 9.17) is 14.6 Å². The minimum Gasteiger partial charge on any atom is -0.477 e. The van der Waals surface area contributed by atoms with Crippen LogP contribution in [0.2, 0.25) is 0 Å². The molecule has 0 amide bonds. The predicted octanol–water partition coefficient (Wildman–Crippen LogP) is 2.28. The van der Waals surface area contributed by atoms with Gasteiger partial charge in [-0.25, -0.2) is 13.2 Å². The maximum absolute atomic E-state index is 12.3. The van der Waals surface area contributed by atoms with Gasteiger partial charge in [0.1, 0.15) is 9.09 Å². The number of ether oxygens (including phenoxy) is 2. The maximum atomic E-state index is 12.3. The highest BCUT2D eigenvalue weighted by Gasteiger charge is 2.23. The molecular formula is C13H11NO6S2. The molecule has 1 aromatic heterocycles. The van der Waals surface area contributed by atoms with Gasteiger partial charge in [0.15, 0.2) is 11.5 Å². The molecule has 3 rings (SSSR count). The Morgan fingerprint density at radius 3 is 2.68 bits per heavy atom. The van der Waals surface area contributed by atoms with Gasteiger partial charge in [-0.3, -0.25) is 4.72 Å². The molecule has 0 fully saturated rings. The second kappa shape index (κ2) is 5.18. The van der Waals surface area contributed by atoms with Crippen LogP contribution >= 0.6 is 11.3 Å². The summed E-state index contributed by atoms with van der Waals surface area (Å²) in [7, 11) is -3.86. The van der Waals surface area contributed by atoms with Crippen LogP contribution in [-0.4, -0.2) is 26.3 Å². The smallest absolute Gasteiger partial charge is 0.346 e. The highest BCUT2D eigenvalue weighted by molar-refractivity contribution is 7.94. The lowest BCUT2D eigenvalue weighted by atomic mass is 10.3. The zero-order chi connectivity index (χ0) is 15.9. The van der Waals surface area contributed by atoms with Crippen molar-refractivity contribution in [3.63, 3.8) is 0 Å². The minimum atomic E-state index is -3.86. The minimum absolute atomic E-state index is 0.00561. The van der Waals surface area contributed by atoms with Gasteiger partial charge in [-0.1, -0.05) is 0 Å². The largest absolute Gasteiger partial charge is 0.477 e. The van der Waals surface area contributed by atoms with E-state index in [1.165, 1.54) is 12.1 Å². The van der Waals surface area contributed by atoms with Gasteiger partial charge >= 0.3 is 5.97 Å². The van der Waals surface area contributed by atoms with Gasteiger partial charge < -0.3 is 14.6 Å². The van der Waals surface area contributed by atoms with E-state index >= 15 is 0 Å². The molecule has 0 saturated heterocycles. The quantitative estimate of drug-likeness (QED) is 0.884. The van der Waals surface area contributed by atoms with Crippen molar-refractivity contribution >= 4 is 33.0 Å². The highest BCUT2D eigenvalue weighted by atomic mass is 32.2. The SMILES string of the molecule is Cc1cc(S(=O)(=O)Nc2ccc3c(c2)OCO3)sc1C(=O)O. The zero-order valence-electron chi connectivity index (χ0n) is 11.3. The first-order valence-electron chi connectivity index (χ1n) is 6.13. The summed E-state index contributed by atoms with van der Waals surface area (Å²) in [5, 5.41) is 9.00. The number of anilines is 1. The molecule has 2 heterocycles. The molecule has 2 aromatic rings. The first-order valence-corrected chi connectivity index (χ1v) is 8.43. The van der Waals surface area contributed by atoms with Crippen LogP contribution in [0.15, 0.2) is 28.5 Å². The van der Waals surface area contributed by atoms with Crippen molar-refractivity contribution in [1.29, 1.82) is 0 Å². The summed E-state index contributed by atoms with van der Waals surface area (Å²) in [5.74, 6) is -0.149. The van der Waals surface area contributed by atoms with Gasteiger partial charge in [-0.05, 0) is 30.7 Å². The van der Waals surface area contributed by atoms with Gasteiger partial charge in [0.05, 0.1) is 5.69 Å². The number of aryl methyl sites for hydroxylation is 1. The number of carboxylic acids is 1. The van der Waals surface area contributed by atoms with Crippen molar-refractivity contribution in [2.75, 3.05) is 11.5 Å². The third-order valence-electron chi connectivity index (χ3n) is 2.98. The van der Waals surface area contributed by atoms with E-state index in [0.29, 0.717) is 34.1 Å². The lowest BCUT2D eigenvalue weighted by Crippen LogP contribution is -2.11. The number of nitrogens with one attached hydrogen (secondary N) is 1. The van der Waals surface area contributed by atoms with Gasteiger partial charge in [0.2, 0.25) is 6.79 Å². The maximum Gasteiger partial charge on any atom is 0.346 e. The average Bonchev–Trinajstić information content (AvgIpc) is 3.04. The number of thiophene rings is 1. The first kappa shape index (κ1) is 14.7. The Labute approximate surface area is 130 Å². The molecule has 116 valence electrons. The van der Waals surface area contributed by atoms with Crippen molar-refractivity contribution < 1.29 is 27.8 Å². The summed E-state index contributed by atoms with van der Waals surface area (Å²) < 4.78 is 37.3. The summed E-state index contributed by atoms with van der Waals surface area (Å²) in [6.45, 7) is 1.65. The Morgan fingerprint density at radius 1 is 1.27 bits per heavy atom. The molecule has 9 heteroatoms. The standard InChI is InChI=1S/C13H11NO6S2/c1-7-4-11(21-12(7)13(15)16)22(17,18)14-8-2-3-9-10(5-8)20-6-19-9/h2-5,14H,6H2,1H3,(H,15,16). The summed E-state index contributed by atoms with van der Waals surface area (Å²) in [4.78, 5) is 11.0. The van der Waals surface area contributed by atoms with Gasteiger partial charge in [0.25, 0.3) is 10.0 Å². The normalized spacial score (nSPS) is 13.1. The lowest BCUT2D eigenvalue weighted by Gasteiger charge is -2.06. The second-order valence-electron chi connectivity index (χ2n) is 4.56. The predicted molar refractivity (Wildman–Crippen MR) is 79.4 cm³/mol. The Bertz CT molecular complexity index is 855. The number of aromatic carboxylic acids is 1. The monoisotopic (exact) mass is 341 g/mol. The molecule has 2 N–H and O–H groups in total. The molecular weight excluding hydrogens is 330 g/mol. The third-order valence-corrected chi connectivity index (χ3v) is 6.06. The van der Waals surface area contributed by atoms with Crippen molar-refractivity contribution in [3.05, 3.63) is 34.7 Å². The molecule has 0 radical (unpaired) electrons. The number of benzene rings is 1. The van der Waals surface area contributed by atoms with Gasteiger partial charge in [-0.2, -0.15) is 0 Å². The number of carboxylic acid groups (broad SMARTS) is 1. The molecule has 1 aliphatic rings. The Balaban J connectivity index is 1.90. The first-order chi connectivity index (χ1) is 10.4. The molecule has 1 aliphatic heterocycles. The molecule has 0 atom stereocenters. The fourth-order valence-corrected chi connectivity index (χ4v) is 4.39.